The van der Waals surface area contributed by atoms with Gasteiger partial charge in [0, 0.05) is 40.3 Å². The Labute approximate surface area is 143 Å². The molecule has 3 rings (SSSR count). The summed E-state index contributed by atoms with van der Waals surface area (Å²) in [5, 5.41) is 2.85. The number of aryl methyl sites for hydroxylation is 1. The third-order valence-electron chi connectivity index (χ3n) is 4.39. The van der Waals surface area contributed by atoms with Gasteiger partial charge in [0.05, 0.1) is 19.5 Å². The van der Waals surface area contributed by atoms with Gasteiger partial charge >= 0.3 is 5.69 Å². The van der Waals surface area contributed by atoms with E-state index in [1.165, 1.54) is 22.5 Å². The van der Waals surface area contributed by atoms with Gasteiger partial charge in [-0.15, -0.1) is 0 Å². The van der Waals surface area contributed by atoms with Crippen molar-refractivity contribution in [2.24, 2.45) is 14.1 Å². The van der Waals surface area contributed by atoms with Crippen LogP contribution in [0.3, 0.4) is 0 Å². The number of hydrogen-bond acceptors (Lipinski definition) is 6. The largest absolute Gasteiger partial charge is 0.379 e. The first-order valence-corrected chi connectivity index (χ1v) is 8.16. The number of nitrogens with zero attached hydrogens (tertiary/aromatic N) is 5. The first-order chi connectivity index (χ1) is 12.0. The zero-order valence-corrected chi connectivity index (χ0v) is 14.4. The molecule has 0 atom stereocenters. The molecule has 1 fully saturated rings. The second kappa shape index (κ2) is 7.19. The lowest BCUT2D eigenvalue weighted by Crippen LogP contribution is -2.42. The lowest BCUT2D eigenvalue weighted by molar-refractivity contribution is -0.121. The summed E-state index contributed by atoms with van der Waals surface area (Å²) in [6, 6.07) is 0. The van der Waals surface area contributed by atoms with Crippen LogP contribution in [0, 0.1) is 0 Å². The second-order valence-corrected chi connectivity index (χ2v) is 6.05. The van der Waals surface area contributed by atoms with Crippen molar-refractivity contribution in [3.8, 4) is 0 Å². The molecule has 3 heterocycles. The quantitative estimate of drug-likeness (QED) is 0.661. The summed E-state index contributed by atoms with van der Waals surface area (Å²) in [5.74, 6) is -0.205. The summed E-state index contributed by atoms with van der Waals surface area (Å²) in [5.41, 5.74) is -0.392. The number of imidazole rings is 1. The van der Waals surface area contributed by atoms with Crippen LogP contribution < -0.4 is 16.6 Å². The molecule has 1 amide bonds. The third-order valence-corrected chi connectivity index (χ3v) is 4.39. The number of hydrogen-bond donors (Lipinski definition) is 1. The van der Waals surface area contributed by atoms with Gasteiger partial charge in [0.2, 0.25) is 5.91 Å². The van der Waals surface area contributed by atoms with E-state index in [1.54, 1.807) is 7.05 Å². The monoisotopic (exact) mass is 350 g/mol. The van der Waals surface area contributed by atoms with E-state index in [2.05, 4.69) is 15.2 Å². The van der Waals surface area contributed by atoms with E-state index in [9.17, 15) is 14.4 Å². The highest BCUT2D eigenvalue weighted by molar-refractivity contribution is 5.78. The summed E-state index contributed by atoms with van der Waals surface area (Å²) in [4.78, 5) is 42.7. The molecule has 10 heteroatoms. The Morgan fingerprint density at radius 1 is 1.24 bits per heavy atom. The van der Waals surface area contributed by atoms with Crippen molar-refractivity contribution in [2.75, 3.05) is 39.4 Å². The Kier molecular flexibility index (Phi) is 5.00. The fraction of sp³-hybridized carbons (Fsp3) is 0.600. The summed E-state index contributed by atoms with van der Waals surface area (Å²) >= 11 is 0. The Morgan fingerprint density at radius 3 is 2.68 bits per heavy atom. The molecule has 2 aromatic rings. The maximum absolute atomic E-state index is 12.3. The highest BCUT2D eigenvalue weighted by atomic mass is 16.5. The Bertz CT molecular complexity index is 890. The Hall–Kier alpha value is -2.46. The van der Waals surface area contributed by atoms with Crippen LogP contribution in [0.4, 0.5) is 0 Å². The van der Waals surface area contributed by atoms with Gasteiger partial charge in [0.25, 0.3) is 5.56 Å². The number of nitrogens with one attached hydrogen (secondary N) is 1. The van der Waals surface area contributed by atoms with Gasteiger partial charge in [-0.25, -0.2) is 9.78 Å². The number of carbonyl (C=O) groups is 1. The zero-order valence-electron chi connectivity index (χ0n) is 14.4. The maximum Gasteiger partial charge on any atom is 0.332 e. The van der Waals surface area contributed by atoms with Crippen LogP contribution in [0.1, 0.15) is 0 Å². The normalized spacial score (nSPS) is 15.6. The number of carbonyl (C=O) groups excluding carboxylic acids is 1. The van der Waals surface area contributed by atoms with Crippen molar-refractivity contribution in [3.63, 3.8) is 0 Å². The molecule has 136 valence electrons. The SMILES string of the molecule is Cn1c(=O)c2c(ncn2CC(=O)NCCN2CCOCC2)n(C)c1=O. The lowest BCUT2D eigenvalue weighted by atomic mass is 10.4. The maximum atomic E-state index is 12.3. The van der Waals surface area contributed by atoms with Gasteiger partial charge < -0.3 is 14.6 Å². The van der Waals surface area contributed by atoms with E-state index in [4.69, 9.17) is 4.74 Å². The molecule has 1 saturated heterocycles. The van der Waals surface area contributed by atoms with Crippen LogP contribution in [0.2, 0.25) is 0 Å². The van der Waals surface area contributed by atoms with E-state index in [-0.39, 0.29) is 23.6 Å². The first-order valence-electron chi connectivity index (χ1n) is 8.16. The van der Waals surface area contributed by atoms with E-state index in [0.717, 1.165) is 37.4 Å². The van der Waals surface area contributed by atoms with Crippen molar-refractivity contribution in [2.45, 2.75) is 6.54 Å². The molecular formula is C15H22N6O4. The van der Waals surface area contributed by atoms with Gasteiger partial charge in [-0.05, 0) is 0 Å². The minimum Gasteiger partial charge on any atom is -0.379 e. The molecule has 1 aliphatic heterocycles. The molecule has 0 bridgehead atoms. The van der Waals surface area contributed by atoms with E-state index >= 15 is 0 Å². The molecular weight excluding hydrogens is 328 g/mol. The highest BCUT2D eigenvalue weighted by Crippen LogP contribution is 2.05. The molecule has 0 aromatic carbocycles. The highest BCUT2D eigenvalue weighted by Gasteiger charge is 2.16. The van der Waals surface area contributed by atoms with Crippen LogP contribution in [0.5, 0.6) is 0 Å². The van der Waals surface area contributed by atoms with Crippen LogP contribution >= 0.6 is 0 Å². The molecule has 0 unspecified atom stereocenters. The fourth-order valence-corrected chi connectivity index (χ4v) is 2.91. The van der Waals surface area contributed by atoms with Crippen molar-refractivity contribution in [1.29, 1.82) is 0 Å². The third kappa shape index (κ3) is 3.49. The minimum absolute atomic E-state index is 0.0208. The van der Waals surface area contributed by atoms with Crippen LogP contribution in [0.25, 0.3) is 11.2 Å². The lowest BCUT2D eigenvalue weighted by Gasteiger charge is -2.26. The average Bonchev–Trinajstić information content (AvgIpc) is 3.02. The number of morpholine rings is 1. The van der Waals surface area contributed by atoms with Crippen LogP contribution in [-0.4, -0.2) is 68.9 Å². The molecule has 1 N–H and O–H groups in total. The smallest absolute Gasteiger partial charge is 0.332 e. The zero-order chi connectivity index (χ0) is 18.0. The minimum atomic E-state index is -0.461. The molecule has 0 saturated carbocycles. The van der Waals surface area contributed by atoms with Crippen molar-refractivity contribution < 1.29 is 9.53 Å². The number of amides is 1. The van der Waals surface area contributed by atoms with Crippen LogP contribution in [0.15, 0.2) is 15.9 Å². The van der Waals surface area contributed by atoms with Crippen molar-refractivity contribution >= 4 is 17.1 Å². The predicted molar refractivity (Wildman–Crippen MR) is 90.5 cm³/mol. The van der Waals surface area contributed by atoms with Gasteiger partial charge in [0.1, 0.15) is 6.54 Å². The van der Waals surface area contributed by atoms with E-state index in [0.29, 0.717) is 6.54 Å². The number of aromatic nitrogens is 4. The van der Waals surface area contributed by atoms with Gasteiger partial charge in [-0.2, -0.15) is 0 Å². The molecule has 10 nitrogen and oxygen atoms in total. The van der Waals surface area contributed by atoms with Gasteiger partial charge in [0.15, 0.2) is 11.2 Å². The van der Waals surface area contributed by atoms with Gasteiger partial charge in [-0.1, -0.05) is 0 Å². The first kappa shape index (κ1) is 17.4. The molecule has 0 spiro atoms. The second-order valence-electron chi connectivity index (χ2n) is 6.05. The van der Waals surface area contributed by atoms with Crippen LogP contribution in [-0.2, 0) is 30.2 Å². The number of rotatable bonds is 5. The van der Waals surface area contributed by atoms with Gasteiger partial charge in [-0.3, -0.25) is 23.6 Å². The summed E-state index contributed by atoms with van der Waals surface area (Å²) < 4.78 is 9.06. The fourth-order valence-electron chi connectivity index (χ4n) is 2.91. The number of ether oxygens (including phenoxy) is 1. The Morgan fingerprint density at radius 2 is 1.96 bits per heavy atom. The molecule has 25 heavy (non-hydrogen) atoms. The van der Waals surface area contributed by atoms with Crippen molar-refractivity contribution in [3.05, 3.63) is 27.2 Å². The predicted octanol–water partition coefficient (Wildman–Crippen LogP) is -2.12. The summed E-state index contributed by atoms with van der Waals surface area (Å²) in [6.07, 6.45) is 1.41. The standard InChI is InChI=1S/C15H22N6O4/c1-18-13-12(14(23)19(2)15(18)24)21(10-17-13)9-11(22)16-3-4-20-5-7-25-8-6-20/h10H,3-9H2,1-2H3,(H,16,22). The Balaban J connectivity index is 1.67. The van der Waals surface area contributed by atoms with E-state index in [1.807, 2.05) is 0 Å². The number of fused-ring (bicyclic) bond motifs is 1. The molecule has 1 aliphatic rings. The topological polar surface area (TPSA) is 103 Å². The molecule has 2 aromatic heterocycles. The summed E-state index contributed by atoms with van der Waals surface area (Å²) in [7, 11) is 2.95. The summed E-state index contributed by atoms with van der Waals surface area (Å²) in [6.45, 7) is 4.44. The molecule has 0 radical (unpaired) electrons. The molecule has 0 aliphatic carbocycles. The van der Waals surface area contributed by atoms with E-state index < -0.39 is 11.2 Å². The average molecular weight is 350 g/mol. The van der Waals surface area contributed by atoms with Crippen molar-refractivity contribution in [1.82, 2.24) is 28.9 Å².